The van der Waals surface area contributed by atoms with E-state index in [0.717, 1.165) is 25.4 Å². The zero-order chi connectivity index (χ0) is 12.0. The van der Waals surface area contributed by atoms with E-state index in [-0.39, 0.29) is 0 Å². The molecule has 1 N–H and O–H groups in total. The van der Waals surface area contributed by atoms with Crippen LogP contribution in [0.5, 0.6) is 5.75 Å². The standard InChI is InChI=1S/C14H23NO/c1-11(2)10-15-7-8-16-14-6-5-12(3)13(4)9-14/h5-6,9,11,15H,7-8,10H2,1-4H3. The van der Waals surface area contributed by atoms with E-state index in [4.69, 9.17) is 4.74 Å². The van der Waals surface area contributed by atoms with Crippen molar-refractivity contribution < 1.29 is 4.74 Å². The Kier molecular flexibility index (Phi) is 5.33. The molecule has 2 nitrogen and oxygen atoms in total. The Hall–Kier alpha value is -1.02. The fourth-order valence-electron chi connectivity index (χ4n) is 1.44. The maximum absolute atomic E-state index is 5.66. The predicted octanol–water partition coefficient (Wildman–Crippen LogP) is 2.93. The molecule has 0 aliphatic heterocycles. The molecule has 90 valence electrons. The molecule has 0 heterocycles. The van der Waals surface area contributed by atoms with E-state index >= 15 is 0 Å². The Bertz CT molecular complexity index is 321. The highest BCUT2D eigenvalue weighted by Crippen LogP contribution is 2.15. The van der Waals surface area contributed by atoms with Gasteiger partial charge in [-0.2, -0.15) is 0 Å². The van der Waals surface area contributed by atoms with E-state index in [1.54, 1.807) is 0 Å². The average molecular weight is 221 g/mol. The number of rotatable bonds is 6. The van der Waals surface area contributed by atoms with Crippen LogP contribution in [-0.4, -0.2) is 19.7 Å². The van der Waals surface area contributed by atoms with E-state index in [0.29, 0.717) is 5.92 Å². The molecular weight excluding hydrogens is 198 g/mol. The summed E-state index contributed by atoms with van der Waals surface area (Å²) in [5.41, 5.74) is 2.60. The van der Waals surface area contributed by atoms with E-state index in [9.17, 15) is 0 Å². The van der Waals surface area contributed by atoms with Gasteiger partial charge in [0.1, 0.15) is 12.4 Å². The molecule has 0 bridgehead atoms. The lowest BCUT2D eigenvalue weighted by molar-refractivity contribution is 0.311. The fraction of sp³-hybridized carbons (Fsp3) is 0.571. The molecule has 0 atom stereocenters. The quantitative estimate of drug-likeness (QED) is 0.746. The topological polar surface area (TPSA) is 21.3 Å². The van der Waals surface area contributed by atoms with Gasteiger partial charge in [0.2, 0.25) is 0 Å². The summed E-state index contributed by atoms with van der Waals surface area (Å²) in [5.74, 6) is 1.66. The molecule has 0 saturated carbocycles. The molecular formula is C14H23NO. The van der Waals surface area contributed by atoms with Crippen molar-refractivity contribution in [1.29, 1.82) is 0 Å². The van der Waals surface area contributed by atoms with Gasteiger partial charge < -0.3 is 10.1 Å². The van der Waals surface area contributed by atoms with Crippen molar-refractivity contribution in [2.24, 2.45) is 5.92 Å². The zero-order valence-electron chi connectivity index (χ0n) is 10.8. The molecule has 2 heteroatoms. The first-order valence-corrected chi connectivity index (χ1v) is 6.00. The minimum Gasteiger partial charge on any atom is -0.492 e. The van der Waals surface area contributed by atoms with Gasteiger partial charge in [-0.25, -0.2) is 0 Å². The minimum absolute atomic E-state index is 0.696. The lowest BCUT2D eigenvalue weighted by Gasteiger charge is -2.10. The van der Waals surface area contributed by atoms with E-state index in [1.807, 2.05) is 6.07 Å². The summed E-state index contributed by atoms with van der Waals surface area (Å²) in [6.45, 7) is 11.3. The number of hydrogen-bond acceptors (Lipinski definition) is 2. The van der Waals surface area contributed by atoms with Gasteiger partial charge in [-0.1, -0.05) is 19.9 Å². The maximum atomic E-state index is 5.66. The molecule has 0 fully saturated rings. The second-order valence-electron chi connectivity index (χ2n) is 4.69. The van der Waals surface area contributed by atoms with Crippen molar-refractivity contribution in [3.63, 3.8) is 0 Å². The molecule has 0 aliphatic rings. The Balaban J connectivity index is 2.24. The number of ether oxygens (including phenoxy) is 1. The predicted molar refractivity (Wildman–Crippen MR) is 69.1 cm³/mol. The molecule has 1 aromatic carbocycles. The Labute approximate surface area is 99.0 Å². The number of hydrogen-bond donors (Lipinski definition) is 1. The van der Waals surface area contributed by atoms with Gasteiger partial charge in [-0.05, 0) is 49.6 Å². The highest BCUT2D eigenvalue weighted by atomic mass is 16.5. The van der Waals surface area contributed by atoms with E-state index < -0.39 is 0 Å². The van der Waals surface area contributed by atoms with Crippen molar-refractivity contribution in [2.75, 3.05) is 19.7 Å². The monoisotopic (exact) mass is 221 g/mol. The summed E-state index contributed by atoms with van der Waals surface area (Å²) in [7, 11) is 0. The molecule has 0 saturated heterocycles. The van der Waals surface area contributed by atoms with Crippen LogP contribution < -0.4 is 10.1 Å². The van der Waals surface area contributed by atoms with E-state index in [2.05, 4.69) is 45.1 Å². The van der Waals surface area contributed by atoms with Crippen LogP contribution in [0.4, 0.5) is 0 Å². The van der Waals surface area contributed by atoms with Crippen molar-refractivity contribution in [1.82, 2.24) is 5.32 Å². The Morgan fingerprint density at radius 3 is 2.56 bits per heavy atom. The zero-order valence-corrected chi connectivity index (χ0v) is 10.8. The third-order valence-corrected chi connectivity index (χ3v) is 2.58. The van der Waals surface area contributed by atoms with Gasteiger partial charge in [0, 0.05) is 6.54 Å². The number of nitrogens with one attached hydrogen (secondary N) is 1. The smallest absolute Gasteiger partial charge is 0.119 e. The molecule has 0 spiro atoms. The summed E-state index contributed by atoms with van der Waals surface area (Å²) in [5, 5.41) is 3.36. The van der Waals surface area contributed by atoms with Crippen molar-refractivity contribution in [2.45, 2.75) is 27.7 Å². The van der Waals surface area contributed by atoms with Crippen LogP contribution in [0, 0.1) is 19.8 Å². The first kappa shape index (κ1) is 13.0. The first-order valence-electron chi connectivity index (χ1n) is 6.00. The first-order chi connectivity index (χ1) is 7.59. The fourth-order valence-corrected chi connectivity index (χ4v) is 1.44. The molecule has 0 unspecified atom stereocenters. The number of aryl methyl sites for hydroxylation is 2. The summed E-state index contributed by atoms with van der Waals surface area (Å²) < 4.78 is 5.66. The normalized spacial score (nSPS) is 10.8. The molecule has 0 radical (unpaired) electrons. The van der Waals surface area contributed by atoms with Gasteiger partial charge >= 0.3 is 0 Å². The third kappa shape index (κ3) is 4.67. The van der Waals surface area contributed by atoms with Crippen molar-refractivity contribution >= 4 is 0 Å². The number of benzene rings is 1. The highest BCUT2D eigenvalue weighted by Gasteiger charge is 1.97. The third-order valence-electron chi connectivity index (χ3n) is 2.58. The Morgan fingerprint density at radius 2 is 1.94 bits per heavy atom. The second kappa shape index (κ2) is 6.54. The van der Waals surface area contributed by atoms with Gasteiger partial charge in [-0.15, -0.1) is 0 Å². The minimum atomic E-state index is 0.696. The van der Waals surface area contributed by atoms with Crippen LogP contribution in [0.2, 0.25) is 0 Å². The summed E-state index contributed by atoms with van der Waals surface area (Å²) >= 11 is 0. The van der Waals surface area contributed by atoms with Gasteiger partial charge in [-0.3, -0.25) is 0 Å². The molecule has 16 heavy (non-hydrogen) atoms. The van der Waals surface area contributed by atoms with Crippen molar-refractivity contribution in [3.05, 3.63) is 29.3 Å². The van der Waals surface area contributed by atoms with Crippen LogP contribution in [0.25, 0.3) is 0 Å². The SMILES string of the molecule is Cc1ccc(OCCNCC(C)C)cc1C. The summed E-state index contributed by atoms with van der Waals surface area (Å²) in [6, 6.07) is 6.23. The molecule has 0 aliphatic carbocycles. The Morgan fingerprint density at radius 1 is 1.19 bits per heavy atom. The van der Waals surface area contributed by atoms with Crippen LogP contribution in [-0.2, 0) is 0 Å². The summed E-state index contributed by atoms with van der Waals surface area (Å²) in [6.07, 6.45) is 0. The van der Waals surface area contributed by atoms with Crippen LogP contribution in [0.15, 0.2) is 18.2 Å². The van der Waals surface area contributed by atoms with E-state index in [1.165, 1.54) is 11.1 Å². The van der Waals surface area contributed by atoms with Gasteiger partial charge in [0.15, 0.2) is 0 Å². The highest BCUT2D eigenvalue weighted by molar-refractivity contribution is 5.33. The lowest BCUT2D eigenvalue weighted by Crippen LogP contribution is -2.24. The second-order valence-corrected chi connectivity index (χ2v) is 4.69. The molecule has 0 aromatic heterocycles. The summed E-state index contributed by atoms with van der Waals surface area (Å²) in [4.78, 5) is 0. The lowest BCUT2D eigenvalue weighted by atomic mass is 10.1. The molecule has 0 amide bonds. The molecule has 1 rings (SSSR count). The largest absolute Gasteiger partial charge is 0.492 e. The maximum Gasteiger partial charge on any atom is 0.119 e. The van der Waals surface area contributed by atoms with Crippen LogP contribution >= 0.6 is 0 Å². The van der Waals surface area contributed by atoms with Gasteiger partial charge in [0.25, 0.3) is 0 Å². The van der Waals surface area contributed by atoms with Crippen LogP contribution in [0.1, 0.15) is 25.0 Å². The van der Waals surface area contributed by atoms with Gasteiger partial charge in [0.05, 0.1) is 0 Å². The van der Waals surface area contributed by atoms with Crippen molar-refractivity contribution in [3.8, 4) is 5.75 Å². The van der Waals surface area contributed by atoms with Crippen LogP contribution in [0.3, 0.4) is 0 Å². The average Bonchev–Trinajstić information content (AvgIpc) is 2.22. The molecule has 1 aromatic rings.